The van der Waals surface area contributed by atoms with E-state index in [1.54, 1.807) is 12.1 Å². The average Bonchev–Trinajstić information content (AvgIpc) is 2.33. The zero-order valence-electron chi connectivity index (χ0n) is 10.7. The van der Waals surface area contributed by atoms with Crippen LogP contribution in [0.3, 0.4) is 0 Å². The quantitative estimate of drug-likeness (QED) is 0.809. The molecule has 0 radical (unpaired) electrons. The molecule has 0 atom stereocenters. The second-order valence-corrected chi connectivity index (χ2v) is 5.42. The summed E-state index contributed by atoms with van der Waals surface area (Å²) in [5.41, 5.74) is 1.19. The number of nitrogens with one attached hydrogen (secondary N) is 2. The Morgan fingerprint density at radius 3 is 2.72 bits per heavy atom. The molecule has 1 aromatic heterocycles. The first-order chi connectivity index (χ1) is 8.51. The van der Waals surface area contributed by atoms with E-state index in [4.69, 9.17) is 11.6 Å². The standard InChI is InChI=1S/C13H18ClN3O/c1-9-10(3-4-11(14)16-9)17-12(18)13(2)5-7-15-8-6-13/h3-4,15H,5-8H2,1-2H3,(H,17,18). The number of hydrogen-bond donors (Lipinski definition) is 2. The Balaban J connectivity index is 2.11. The Morgan fingerprint density at radius 1 is 1.44 bits per heavy atom. The molecule has 18 heavy (non-hydrogen) atoms. The lowest BCUT2D eigenvalue weighted by Gasteiger charge is -2.32. The smallest absolute Gasteiger partial charge is 0.230 e. The maximum Gasteiger partial charge on any atom is 0.230 e. The predicted octanol–water partition coefficient (Wildman–Crippen LogP) is 2.37. The van der Waals surface area contributed by atoms with Crippen LogP contribution < -0.4 is 10.6 Å². The van der Waals surface area contributed by atoms with E-state index in [0.29, 0.717) is 5.15 Å². The van der Waals surface area contributed by atoms with Crippen LogP contribution in [0.25, 0.3) is 0 Å². The van der Waals surface area contributed by atoms with Crippen molar-refractivity contribution in [1.82, 2.24) is 10.3 Å². The summed E-state index contributed by atoms with van der Waals surface area (Å²) in [6.07, 6.45) is 1.72. The zero-order chi connectivity index (χ0) is 13.2. The topological polar surface area (TPSA) is 54.0 Å². The van der Waals surface area contributed by atoms with E-state index in [9.17, 15) is 4.79 Å². The first-order valence-electron chi connectivity index (χ1n) is 6.17. The van der Waals surface area contributed by atoms with Gasteiger partial charge in [-0.15, -0.1) is 0 Å². The van der Waals surface area contributed by atoms with Crippen molar-refractivity contribution in [3.05, 3.63) is 23.0 Å². The highest BCUT2D eigenvalue weighted by Gasteiger charge is 2.34. The molecule has 4 nitrogen and oxygen atoms in total. The number of carbonyl (C=O) groups is 1. The van der Waals surface area contributed by atoms with Gasteiger partial charge >= 0.3 is 0 Å². The van der Waals surface area contributed by atoms with Gasteiger partial charge in [0, 0.05) is 5.41 Å². The Labute approximate surface area is 112 Å². The first kappa shape index (κ1) is 13.3. The molecule has 98 valence electrons. The van der Waals surface area contributed by atoms with Gasteiger partial charge in [0.2, 0.25) is 5.91 Å². The summed E-state index contributed by atoms with van der Waals surface area (Å²) in [6, 6.07) is 3.49. The van der Waals surface area contributed by atoms with Crippen molar-refractivity contribution < 1.29 is 4.79 Å². The van der Waals surface area contributed by atoms with Crippen LogP contribution in [0.5, 0.6) is 0 Å². The van der Waals surface area contributed by atoms with E-state index in [1.165, 1.54) is 0 Å². The number of piperidine rings is 1. The molecule has 1 fully saturated rings. The highest BCUT2D eigenvalue weighted by Crippen LogP contribution is 2.30. The molecule has 0 saturated carbocycles. The summed E-state index contributed by atoms with van der Waals surface area (Å²) < 4.78 is 0. The molecular formula is C13H18ClN3O. The molecule has 2 rings (SSSR count). The van der Waals surface area contributed by atoms with Crippen LogP contribution in [0, 0.1) is 12.3 Å². The first-order valence-corrected chi connectivity index (χ1v) is 6.54. The second kappa shape index (κ2) is 5.24. The van der Waals surface area contributed by atoms with Gasteiger partial charge in [0.25, 0.3) is 0 Å². The van der Waals surface area contributed by atoms with Crippen LogP contribution in [0.4, 0.5) is 5.69 Å². The molecule has 0 spiro atoms. The summed E-state index contributed by atoms with van der Waals surface area (Å²) in [5, 5.41) is 6.67. The molecular weight excluding hydrogens is 250 g/mol. The number of nitrogens with zero attached hydrogens (tertiary/aromatic N) is 1. The monoisotopic (exact) mass is 267 g/mol. The summed E-state index contributed by atoms with van der Waals surface area (Å²) in [6.45, 7) is 5.64. The molecule has 1 aliphatic rings. The van der Waals surface area contributed by atoms with Crippen LogP contribution >= 0.6 is 11.6 Å². The Bertz CT molecular complexity index is 456. The minimum absolute atomic E-state index is 0.0659. The second-order valence-electron chi connectivity index (χ2n) is 5.03. The number of aryl methyl sites for hydroxylation is 1. The van der Waals surface area contributed by atoms with Gasteiger partial charge in [0.05, 0.1) is 11.4 Å². The van der Waals surface area contributed by atoms with Crippen LogP contribution in [0.2, 0.25) is 5.15 Å². The largest absolute Gasteiger partial charge is 0.324 e. The lowest BCUT2D eigenvalue weighted by atomic mass is 9.80. The van der Waals surface area contributed by atoms with Crippen molar-refractivity contribution in [1.29, 1.82) is 0 Å². The number of halogens is 1. The van der Waals surface area contributed by atoms with E-state index in [0.717, 1.165) is 37.3 Å². The van der Waals surface area contributed by atoms with E-state index >= 15 is 0 Å². The van der Waals surface area contributed by atoms with Gasteiger partial charge in [0.15, 0.2) is 0 Å². The van der Waals surface area contributed by atoms with Gasteiger partial charge in [-0.25, -0.2) is 4.98 Å². The van der Waals surface area contributed by atoms with Gasteiger partial charge in [-0.05, 0) is 45.0 Å². The molecule has 0 aromatic carbocycles. The third-order valence-electron chi connectivity index (χ3n) is 3.56. The highest BCUT2D eigenvalue weighted by molar-refractivity contribution is 6.29. The summed E-state index contributed by atoms with van der Waals surface area (Å²) in [7, 11) is 0. The molecule has 1 amide bonds. The summed E-state index contributed by atoms with van der Waals surface area (Å²) in [5.74, 6) is 0.0659. The predicted molar refractivity (Wildman–Crippen MR) is 72.8 cm³/mol. The normalized spacial score (nSPS) is 18.4. The van der Waals surface area contributed by atoms with Gasteiger partial charge in [-0.2, -0.15) is 0 Å². The Hall–Kier alpha value is -1.13. The molecule has 1 aromatic rings. The van der Waals surface area contributed by atoms with Crippen LogP contribution in [0.15, 0.2) is 12.1 Å². The fraction of sp³-hybridized carbons (Fsp3) is 0.538. The third kappa shape index (κ3) is 2.82. The molecule has 1 saturated heterocycles. The van der Waals surface area contributed by atoms with Gasteiger partial charge < -0.3 is 10.6 Å². The van der Waals surface area contributed by atoms with Gasteiger partial charge in [-0.1, -0.05) is 18.5 Å². The van der Waals surface area contributed by atoms with E-state index in [1.807, 2.05) is 13.8 Å². The summed E-state index contributed by atoms with van der Waals surface area (Å²) in [4.78, 5) is 16.5. The van der Waals surface area contributed by atoms with Crippen molar-refractivity contribution >= 4 is 23.2 Å². The number of hydrogen-bond acceptors (Lipinski definition) is 3. The molecule has 0 bridgehead atoms. The number of aromatic nitrogens is 1. The van der Waals surface area contributed by atoms with E-state index < -0.39 is 0 Å². The Morgan fingerprint density at radius 2 is 2.11 bits per heavy atom. The highest BCUT2D eigenvalue weighted by atomic mass is 35.5. The molecule has 0 aliphatic carbocycles. The SMILES string of the molecule is Cc1nc(Cl)ccc1NC(=O)C1(C)CCNCC1. The summed E-state index contributed by atoms with van der Waals surface area (Å²) >= 11 is 5.80. The lowest BCUT2D eigenvalue weighted by molar-refractivity contribution is -0.126. The number of rotatable bonds is 2. The van der Waals surface area contributed by atoms with E-state index in [2.05, 4.69) is 15.6 Å². The van der Waals surface area contributed by atoms with Gasteiger partial charge in [-0.3, -0.25) is 4.79 Å². The number of anilines is 1. The molecule has 2 heterocycles. The van der Waals surface area contributed by atoms with Crippen LogP contribution in [-0.2, 0) is 4.79 Å². The van der Waals surface area contributed by atoms with Gasteiger partial charge in [0.1, 0.15) is 5.15 Å². The molecule has 1 aliphatic heterocycles. The molecule has 5 heteroatoms. The molecule has 2 N–H and O–H groups in total. The Kier molecular flexibility index (Phi) is 3.88. The zero-order valence-corrected chi connectivity index (χ0v) is 11.5. The third-order valence-corrected chi connectivity index (χ3v) is 3.77. The molecule has 0 unspecified atom stereocenters. The number of amides is 1. The maximum absolute atomic E-state index is 12.3. The fourth-order valence-corrected chi connectivity index (χ4v) is 2.33. The maximum atomic E-state index is 12.3. The average molecular weight is 268 g/mol. The van der Waals surface area contributed by atoms with Crippen molar-refractivity contribution in [3.63, 3.8) is 0 Å². The lowest BCUT2D eigenvalue weighted by Crippen LogP contribution is -2.42. The fourth-order valence-electron chi connectivity index (χ4n) is 2.14. The van der Waals surface area contributed by atoms with Crippen molar-refractivity contribution in [2.24, 2.45) is 5.41 Å². The van der Waals surface area contributed by atoms with E-state index in [-0.39, 0.29) is 11.3 Å². The van der Waals surface area contributed by atoms with Crippen LogP contribution in [-0.4, -0.2) is 24.0 Å². The van der Waals surface area contributed by atoms with Crippen molar-refractivity contribution in [2.45, 2.75) is 26.7 Å². The number of pyridine rings is 1. The minimum atomic E-state index is -0.294. The van der Waals surface area contributed by atoms with Crippen molar-refractivity contribution in [2.75, 3.05) is 18.4 Å². The minimum Gasteiger partial charge on any atom is -0.324 e. The van der Waals surface area contributed by atoms with Crippen LogP contribution in [0.1, 0.15) is 25.5 Å². The number of carbonyl (C=O) groups excluding carboxylic acids is 1. The van der Waals surface area contributed by atoms with Crippen molar-refractivity contribution in [3.8, 4) is 0 Å².